The van der Waals surface area contributed by atoms with Gasteiger partial charge in [0.05, 0.1) is 33.3 Å². The van der Waals surface area contributed by atoms with Crippen molar-refractivity contribution in [3.63, 3.8) is 0 Å². The third-order valence-electron chi connectivity index (χ3n) is 20.9. The molecule has 14 aromatic carbocycles. The molecule has 6 heterocycles. The number of fused-ring (bicyclic) bond motifs is 1. The van der Waals surface area contributed by atoms with Gasteiger partial charge in [0.1, 0.15) is 0 Å². The second-order valence-corrected chi connectivity index (χ2v) is 28.3. The van der Waals surface area contributed by atoms with Gasteiger partial charge in [0, 0.05) is 35.7 Å². The van der Waals surface area contributed by atoms with Crippen LogP contribution in [0.3, 0.4) is 0 Å². The maximum absolute atomic E-state index is 4.76. The first-order valence-corrected chi connectivity index (χ1v) is 40.0. The third kappa shape index (κ3) is 20.9. The van der Waals surface area contributed by atoms with Crippen molar-refractivity contribution < 1.29 is 60.3 Å². The Morgan fingerprint density at radius 1 is 0.236 bits per heavy atom. The van der Waals surface area contributed by atoms with E-state index in [-0.39, 0.29) is 60.3 Å². The Labute approximate surface area is 766 Å². The molecule has 604 valence electrons. The van der Waals surface area contributed by atoms with E-state index in [0.717, 1.165) is 56.5 Å². The quantitative estimate of drug-likeness (QED) is 0.0695. The largest absolute Gasteiger partial charge is 3.00 e. The van der Waals surface area contributed by atoms with Crippen LogP contribution in [0.5, 0.6) is 0 Å². The smallest absolute Gasteiger partial charge is 0.510 e. The molecule has 0 saturated heterocycles. The standard InChI is InChI=1S/3C24H18N.C15H12N2.C14H12N2.C10H10N2.3Ir/c3*1-4-12-20(13-5-1)24(21-14-6-2-7-15-21,22-16-8-3-9-17-22)23-18-10-11-19-25-23;1-3-7-14(8-4-1)16-11-12-17(13-16)15-9-5-2-6-10-15;1-15-11-16(12-7-3-2-4-8-12)14-10-6-5-9-13(14)15;1-11-7-8-12(9-11)10-5-3-2-4-6-10;;;/h3*1-16,18-19H;1-9,11-13H;2-7,9-11H,1H3;2-5,7-9H,1H3;;;/q3*-1;3*-2;3*+3. The van der Waals surface area contributed by atoms with E-state index < -0.39 is 16.2 Å². The number of nitrogens with zero attached hydrogens (tertiary/aromatic N) is 9. The second-order valence-electron chi connectivity index (χ2n) is 28.3. The summed E-state index contributed by atoms with van der Waals surface area (Å²) in [5.74, 6) is 0. The predicted octanol–water partition coefficient (Wildman–Crippen LogP) is 24.2. The van der Waals surface area contributed by atoms with Gasteiger partial charge in [-0.15, -0.1) is 40.4 Å². The van der Waals surface area contributed by atoms with Crippen LogP contribution in [0.4, 0.5) is 34.1 Å². The average molecular weight is 2120 g/mol. The van der Waals surface area contributed by atoms with Crippen LogP contribution in [0.25, 0.3) is 0 Å². The van der Waals surface area contributed by atoms with Gasteiger partial charge < -0.3 is 29.4 Å². The first kappa shape index (κ1) is 89.0. The van der Waals surface area contributed by atoms with Crippen molar-refractivity contribution >= 4 is 34.1 Å². The Morgan fingerprint density at radius 2 is 0.512 bits per heavy atom. The zero-order chi connectivity index (χ0) is 81.7. The fraction of sp³-hybridized carbons (Fsp3) is 0.0450. The summed E-state index contributed by atoms with van der Waals surface area (Å²) in [5.41, 5.74) is 18.6. The summed E-state index contributed by atoms with van der Waals surface area (Å²) in [6, 6.07) is 169. The van der Waals surface area contributed by atoms with Crippen molar-refractivity contribution in [1.82, 2.24) is 19.9 Å². The molecular weight excluding hydrogens is 2040 g/mol. The molecule has 0 saturated carbocycles. The van der Waals surface area contributed by atoms with Gasteiger partial charge in [-0.2, -0.15) is 195 Å². The zero-order valence-corrected chi connectivity index (χ0v) is 75.1. The summed E-state index contributed by atoms with van der Waals surface area (Å²) >= 11 is 0. The van der Waals surface area contributed by atoms with E-state index in [1.165, 1.54) is 44.8 Å². The minimum absolute atomic E-state index is 0. The van der Waals surface area contributed by atoms with Crippen molar-refractivity contribution in [2.45, 2.75) is 16.2 Å². The fourth-order valence-electron chi connectivity index (χ4n) is 15.4. The van der Waals surface area contributed by atoms with E-state index in [1.807, 2.05) is 273 Å². The van der Waals surface area contributed by atoms with E-state index >= 15 is 0 Å². The van der Waals surface area contributed by atoms with Gasteiger partial charge in [0.25, 0.3) is 0 Å². The average Bonchev–Trinajstić information content (AvgIpc) is 1.27. The second kappa shape index (κ2) is 44.9. The normalized spacial score (nSPS) is 12.2. The van der Waals surface area contributed by atoms with Crippen LogP contribution in [-0.4, -0.2) is 33.9 Å². The molecule has 0 radical (unpaired) electrons. The number of rotatable bonds is 16. The predicted molar refractivity (Wildman–Crippen MR) is 490 cm³/mol. The Hall–Kier alpha value is -13.2. The van der Waals surface area contributed by atoms with Crippen LogP contribution >= 0.6 is 0 Å². The number of hydrogen-bond acceptors (Lipinski definition) is 9. The van der Waals surface area contributed by atoms with E-state index in [1.54, 1.807) is 0 Å². The molecule has 3 aromatic heterocycles. The summed E-state index contributed by atoms with van der Waals surface area (Å²) < 4.78 is 0. The molecule has 12 heteroatoms. The molecule has 0 bridgehead atoms. The molecule has 0 fully saturated rings. The van der Waals surface area contributed by atoms with Crippen molar-refractivity contribution in [3.05, 3.63) is 604 Å². The molecular formula is C111H88Ir3N9. The van der Waals surface area contributed by atoms with Gasteiger partial charge in [-0.05, 0) is 133 Å². The minimum Gasteiger partial charge on any atom is -0.510 e. The number of pyridine rings is 3. The third-order valence-corrected chi connectivity index (χ3v) is 20.9. The van der Waals surface area contributed by atoms with Crippen LogP contribution in [-0.2, 0) is 76.6 Å². The van der Waals surface area contributed by atoms with E-state index in [4.69, 9.17) is 15.0 Å². The van der Waals surface area contributed by atoms with E-state index in [2.05, 4.69) is 307 Å². The van der Waals surface area contributed by atoms with Gasteiger partial charge >= 0.3 is 60.3 Å². The fourth-order valence-corrected chi connectivity index (χ4v) is 15.4. The molecule has 0 aliphatic carbocycles. The SMILES string of the molecule is CN1C=CN(c2[c-]cccc2)[CH-]1.CN1[CH-]N(c2[c-]cccc2)c2ccccc21.[Ir+3].[Ir+3].[Ir+3].[c-]1ccccc1C(c1ccccc1)(c1ccccc1)c1ccccn1.[c-]1ccccc1C(c1ccccc1)(c1ccccc1)c1ccccn1.[c-]1ccccc1C(c1ccccc1)(c1ccccc1)c1ccccn1.[c-]1ccccc1N1C=CN(c2ccccc2)[CH-]1. The van der Waals surface area contributed by atoms with Crippen molar-refractivity contribution in [1.29, 1.82) is 0 Å². The van der Waals surface area contributed by atoms with E-state index in [9.17, 15) is 0 Å². The molecule has 0 atom stereocenters. The number of anilines is 6. The number of aromatic nitrogens is 3. The summed E-state index contributed by atoms with van der Waals surface area (Å²) in [5, 5.41) is 0. The van der Waals surface area contributed by atoms with E-state index in [0.29, 0.717) is 0 Å². The maximum Gasteiger partial charge on any atom is 3.00 e. The van der Waals surface area contributed by atoms with Crippen molar-refractivity contribution in [2.24, 2.45) is 0 Å². The minimum atomic E-state index is -0.495. The van der Waals surface area contributed by atoms with Gasteiger partial charge in [-0.1, -0.05) is 231 Å². The molecule has 0 spiro atoms. The first-order valence-electron chi connectivity index (χ1n) is 40.0. The van der Waals surface area contributed by atoms with Gasteiger partial charge in [0.15, 0.2) is 0 Å². The molecule has 0 N–H and O–H groups in total. The Bertz CT molecular complexity index is 4980. The Kier molecular flexibility index (Phi) is 32.5. The summed E-state index contributed by atoms with van der Waals surface area (Å²) in [7, 11) is 4.06. The van der Waals surface area contributed by atoms with Gasteiger partial charge in [-0.25, -0.2) is 0 Å². The van der Waals surface area contributed by atoms with Crippen molar-refractivity contribution in [2.75, 3.05) is 38.6 Å². The van der Waals surface area contributed by atoms with Crippen LogP contribution in [0.2, 0.25) is 0 Å². The molecule has 17 aromatic rings. The van der Waals surface area contributed by atoms with Crippen LogP contribution in [0.15, 0.2) is 480 Å². The Morgan fingerprint density at radius 3 is 0.813 bits per heavy atom. The zero-order valence-electron chi connectivity index (χ0n) is 67.9. The molecule has 20 rings (SSSR count). The van der Waals surface area contributed by atoms with Crippen LogP contribution < -0.4 is 24.5 Å². The van der Waals surface area contributed by atoms with Crippen LogP contribution in [0.1, 0.15) is 67.2 Å². The topological polar surface area (TPSA) is 58.1 Å². The van der Waals surface area contributed by atoms with Gasteiger partial charge in [0.2, 0.25) is 0 Å². The summed E-state index contributed by atoms with van der Waals surface area (Å²) in [4.78, 5) is 26.7. The molecule has 3 aliphatic heterocycles. The summed E-state index contributed by atoms with van der Waals surface area (Å²) in [6.07, 6.45) is 13.7. The van der Waals surface area contributed by atoms with Gasteiger partial charge in [-0.3, -0.25) is 15.0 Å². The summed E-state index contributed by atoms with van der Waals surface area (Å²) in [6.45, 7) is 6.13. The molecule has 0 amide bonds. The van der Waals surface area contributed by atoms with Crippen LogP contribution in [0, 0.1) is 56.4 Å². The molecule has 3 aliphatic rings. The maximum atomic E-state index is 4.76. The van der Waals surface area contributed by atoms with Crippen molar-refractivity contribution in [3.8, 4) is 0 Å². The molecule has 9 nitrogen and oxygen atoms in total. The first-order chi connectivity index (χ1) is 59.4. The Balaban J connectivity index is 0.000000136. The molecule has 0 unspecified atom stereocenters. The molecule has 123 heavy (non-hydrogen) atoms. The number of para-hydroxylation sites is 6. The number of benzene rings is 14. The number of hydrogen-bond donors (Lipinski definition) is 0. The monoisotopic (exact) mass is 2130 g/mol.